The Labute approximate surface area is 343 Å². The van der Waals surface area contributed by atoms with Gasteiger partial charge in [-0.2, -0.15) is 12.1 Å². The molecule has 1 aliphatic rings. The molecule has 11 rings (SSSR count). The van der Waals surface area contributed by atoms with E-state index < -0.39 is 0 Å². The quantitative estimate of drug-likeness (QED) is 0.149. The fourth-order valence-corrected chi connectivity index (χ4v) is 7.69. The van der Waals surface area contributed by atoms with Gasteiger partial charge in [0.1, 0.15) is 17.0 Å². The van der Waals surface area contributed by atoms with Crippen LogP contribution in [0, 0.1) is 18.8 Å². The van der Waals surface area contributed by atoms with Gasteiger partial charge >= 0.3 is 0 Å². The summed E-state index contributed by atoms with van der Waals surface area (Å²) in [5, 5.41) is 4.16. The molecule has 3 aromatic heterocycles. The van der Waals surface area contributed by atoms with E-state index in [-0.39, 0.29) is 21.1 Å². The van der Waals surface area contributed by atoms with Crippen molar-refractivity contribution < 1.29 is 30.2 Å². The first-order valence-electron chi connectivity index (χ1n) is 18.5. The van der Waals surface area contributed by atoms with Crippen molar-refractivity contribution in [3.8, 4) is 28.4 Å². The largest absolute Gasteiger partial charge is 0.509 e. The van der Waals surface area contributed by atoms with Crippen molar-refractivity contribution >= 4 is 60.8 Å². The molecule has 1 aliphatic heterocycles. The Morgan fingerprint density at radius 2 is 1.30 bits per heavy atom. The minimum Gasteiger partial charge on any atom is -0.509 e. The predicted octanol–water partition coefficient (Wildman–Crippen LogP) is 12.6. The number of fused-ring (bicyclic) bond motifs is 6. The summed E-state index contributed by atoms with van der Waals surface area (Å²) in [4.78, 5) is 9.27. The van der Waals surface area contributed by atoms with Crippen molar-refractivity contribution in [3.63, 3.8) is 0 Å². The normalized spacial score (nSPS) is 12.7. The van der Waals surface area contributed by atoms with Gasteiger partial charge in [0.05, 0.1) is 0 Å². The maximum atomic E-state index is 6.56. The summed E-state index contributed by atoms with van der Waals surface area (Å²) >= 11 is 0. The number of ether oxygens (including phenoxy) is 1. The van der Waals surface area contributed by atoms with Gasteiger partial charge in [-0.3, -0.25) is 0 Å². The van der Waals surface area contributed by atoms with Gasteiger partial charge in [0.25, 0.3) is 0 Å². The van der Waals surface area contributed by atoms with Crippen LogP contribution in [0.1, 0.15) is 5.56 Å². The molecule has 0 spiro atoms. The van der Waals surface area contributed by atoms with Crippen molar-refractivity contribution in [2.24, 2.45) is 0 Å². The average Bonchev–Trinajstić information content (AvgIpc) is 3.96. The van der Waals surface area contributed by atoms with Crippen LogP contribution in [0.15, 0.2) is 187 Å². The van der Waals surface area contributed by atoms with Crippen LogP contribution < -0.4 is 14.5 Å². The Kier molecular flexibility index (Phi) is 8.69. The monoisotopic (exact) mass is 914 g/mol. The maximum Gasteiger partial charge on any atom is 0.140 e. The Balaban J connectivity index is 0.00000396. The van der Waals surface area contributed by atoms with E-state index in [1.807, 2.05) is 72.9 Å². The van der Waals surface area contributed by atoms with Crippen molar-refractivity contribution in [1.29, 1.82) is 0 Å². The van der Waals surface area contributed by atoms with E-state index in [2.05, 4.69) is 142 Å². The Morgan fingerprint density at radius 3 is 2.12 bits per heavy atom. The SMILES string of the molecule is [Pt].[c-]1c(Oc2[c-]c3c(cc2)c2cc(-c4ccccc4)ccc2n3-c2cc3oc4ccccc4c3cn2)cccc1N1C=C(c2ccccc2)N(c2ccccc2)[CH-]1. The number of furan rings is 1. The van der Waals surface area contributed by atoms with Crippen LogP contribution in [0.3, 0.4) is 0 Å². The van der Waals surface area contributed by atoms with Crippen LogP contribution in [0.2, 0.25) is 0 Å². The molecule has 0 radical (unpaired) electrons. The molecule has 276 valence electrons. The first-order chi connectivity index (χ1) is 27.7. The van der Waals surface area contributed by atoms with Crippen LogP contribution in [0.4, 0.5) is 11.4 Å². The zero-order valence-corrected chi connectivity index (χ0v) is 32.6. The molecule has 0 unspecified atom stereocenters. The Hall–Kier alpha value is -6.88. The first kappa shape index (κ1) is 34.6. The second-order valence-electron chi connectivity index (χ2n) is 13.8. The molecular weight excluding hydrogens is 884 g/mol. The van der Waals surface area contributed by atoms with Gasteiger partial charge < -0.3 is 23.5 Å². The molecule has 7 aromatic carbocycles. The first-order valence-corrected chi connectivity index (χ1v) is 18.5. The summed E-state index contributed by atoms with van der Waals surface area (Å²) in [5.74, 6) is 1.88. The number of hydrogen-bond donors (Lipinski definition) is 0. The van der Waals surface area contributed by atoms with E-state index in [0.717, 1.165) is 83.3 Å². The molecule has 0 saturated carbocycles. The molecule has 10 aromatic rings. The average molecular weight is 915 g/mol. The third-order valence-electron chi connectivity index (χ3n) is 10.4. The summed E-state index contributed by atoms with van der Waals surface area (Å²) in [7, 11) is 0. The zero-order chi connectivity index (χ0) is 37.0. The number of rotatable bonds is 7. The molecular formula is C50H31N4O2Pt-3. The molecule has 0 saturated heterocycles. The fraction of sp³-hybridized carbons (Fsp3) is 0. The number of aromatic nitrogens is 2. The number of benzene rings is 7. The molecule has 0 aliphatic carbocycles. The van der Waals surface area contributed by atoms with E-state index in [1.54, 1.807) is 0 Å². The smallest absolute Gasteiger partial charge is 0.140 e. The molecule has 0 amide bonds. The molecule has 57 heavy (non-hydrogen) atoms. The van der Waals surface area contributed by atoms with Crippen molar-refractivity contribution in [2.75, 3.05) is 9.80 Å². The number of pyridine rings is 1. The van der Waals surface area contributed by atoms with E-state index in [1.165, 1.54) is 0 Å². The van der Waals surface area contributed by atoms with E-state index in [0.29, 0.717) is 11.5 Å². The number of nitrogens with zero attached hydrogens (tertiary/aromatic N) is 4. The fourth-order valence-electron chi connectivity index (χ4n) is 7.69. The minimum atomic E-state index is 0. The van der Waals surface area contributed by atoms with Gasteiger partial charge in [0, 0.05) is 72.5 Å². The Morgan fingerprint density at radius 1 is 0.561 bits per heavy atom. The van der Waals surface area contributed by atoms with Gasteiger partial charge in [-0.15, -0.1) is 48.1 Å². The van der Waals surface area contributed by atoms with Crippen LogP contribution >= 0.6 is 0 Å². The topological polar surface area (TPSA) is 46.7 Å². The van der Waals surface area contributed by atoms with Crippen LogP contribution in [0.25, 0.3) is 66.4 Å². The predicted molar refractivity (Wildman–Crippen MR) is 226 cm³/mol. The molecule has 6 nitrogen and oxygen atoms in total. The van der Waals surface area contributed by atoms with E-state index in [4.69, 9.17) is 14.1 Å². The van der Waals surface area contributed by atoms with Crippen molar-refractivity contribution in [2.45, 2.75) is 0 Å². The molecule has 0 atom stereocenters. The summed E-state index contributed by atoms with van der Waals surface area (Å²) in [6, 6.07) is 65.0. The van der Waals surface area contributed by atoms with Crippen LogP contribution in [-0.4, -0.2) is 9.55 Å². The summed E-state index contributed by atoms with van der Waals surface area (Å²) in [6.45, 7) is 2.08. The van der Waals surface area contributed by atoms with Gasteiger partial charge in [-0.05, 0) is 52.5 Å². The zero-order valence-electron chi connectivity index (χ0n) is 30.3. The van der Waals surface area contributed by atoms with Gasteiger partial charge in [-0.1, -0.05) is 115 Å². The summed E-state index contributed by atoms with van der Waals surface area (Å²) in [6.07, 6.45) is 4.03. The van der Waals surface area contributed by atoms with Crippen molar-refractivity contribution in [3.05, 3.63) is 207 Å². The molecule has 7 heteroatoms. The van der Waals surface area contributed by atoms with E-state index >= 15 is 0 Å². The molecule has 0 fully saturated rings. The van der Waals surface area contributed by atoms with Crippen molar-refractivity contribution in [1.82, 2.24) is 9.55 Å². The third kappa shape index (κ3) is 6.15. The number of para-hydroxylation sites is 2. The molecule has 0 N–H and O–H groups in total. The number of anilines is 2. The Bertz CT molecular complexity index is 3100. The van der Waals surface area contributed by atoms with Crippen LogP contribution in [-0.2, 0) is 21.1 Å². The summed E-state index contributed by atoms with van der Waals surface area (Å²) in [5.41, 5.74) is 9.87. The summed E-state index contributed by atoms with van der Waals surface area (Å²) < 4.78 is 15.0. The van der Waals surface area contributed by atoms with Crippen LogP contribution in [0.5, 0.6) is 11.5 Å². The second-order valence-corrected chi connectivity index (χ2v) is 13.8. The standard InChI is InChI=1S/C50H31N4O2.Pt/c1-4-13-34(14-5-1)36-23-26-45-43(27-36)41-25-24-40(29-46(41)54(45)50-30-49-44(31-51-50)42-21-10-11-22-48(42)56-49)55-39-20-12-19-38(28-39)52-32-47(35-15-6-2-7-16-35)53(33-52)37-17-8-3-9-18-37;/h1-27,30-33H;/q-3;. The van der Waals surface area contributed by atoms with E-state index in [9.17, 15) is 0 Å². The van der Waals surface area contributed by atoms with Gasteiger partial charge in [0.2, 0.25) is 0 Å². The molecule has 0 bridgehead atoms. The second kappa shape index (κ2) is 14.3. The third-order valence-corrected chi connectivity index (χ3v) is 10.4. The molecule has 4 heterocycles. The van der Waals surface area contributed by atoms with Gasteiger partial charge in [0.15, 0.2) is 0 Å². The maximum absolute atomic E-state index is 6.56. The minimum absolute atomic E-state index is 0. The number of hydrogen-bond acceptors (Lipinski definition) is 5. The van der Waals surface area contributed by atoms with Gasteiger partial charge in [-0.25, -0.2) is 4.98 Å².